The normalized spacial score (nSPS) is 15.8. The average molecular weight is 570 g/mol. The van der Waals surface area contributed by atoms with Crippen LogP contribution in [0.5, 0.6) is 5.75 Å². The number of anilines is 2. The van der Waals surface area contributed by atoms with Crippen LogP contribution < -0.4 is 15.4 Å². The molecular weight excluding hydrogens is 538 g/mol. The van der Waals surface area contributed by atoms with Crippen LogP contribution in [-0.2, 0) is 27.6 Å². The van der Waals surface area contributed by atoms with E-state index in [1.165, 1.54) is 27.8 Å². The number of hydrogen-bond acceptors (Lipinski definition) is 7. The number of thiophene rings is 1. The van der Waals surface area contributed by atoms with Gasteiger partial charge in [-0.1, -0.05) is 6.07 Å². The molecule has 2 amide bonds. The molecule has 3 aromatic rings. The number of hydrogen-bond donors (Lipinski definition) is 2. The molecule has 2 heterocycles. The maximum atomic E-state index is 13.5. The third-order valence-electron chi connectivity index (χ3n) is 7.03. The van der Waals surface area contributed by atoms with Gasteiger partial charge in [-0.3, -0.25) is 9.59 Å². The number of rotatable bonds is 7. The highest BCUT2D eigenvalue weighted by Gasteiger charge is 2.29. The van der Waals surface area contributed by atoms with Gasteiger partial charge in [0, 0.05) is 29.2 Å². The summed E-state index contributed by atoms with van der Waals surface area (Å²) in [5.74, 6) is -0.0686. The first-order chi connectivity index (χ1) is 18.8. The highest BCUT2D eigenvalue weighted by molar-refractivity contribution is 7.89. The molecule has 2 aliphatic rings. The third kappa shape index (κ3) is 5.72. The predicted molar refractivity (Wildman–Crippen MR) is 151 cm³/mol. The fourth-order valence-corrected chi connectivity index (χ4v) is 7.59. The number of nitrogens with zero attached hydrogens (tertiary/aromatic N) is 1. The van der Waals surface area contributed by atoms with Crippen molar-refractivity contribution in [2.75, 3.05) is 44.0 Å². The van der Waals surface area contributed by atoms with Gasteiger partial charge in [0.1, 0.15) is 10.8 Å². The summed E-state index contributed by atoms with van der Waals surface area (Å²) in [6, 6.07) is 11.6. The Hall–Kier alpha value is -3.25. The Bertz CT molecular complexity index is 1490. The van der Waals surface area contributed by atoms with Crippen LogP contribution in [0.25, 0.3) is 0 Å². The molecule has 2 N–H and O–H groups in total. The maximum absolute atomic E-state index is 13.5. The number of nitrogens with one attached hydrogen (secondary N) is 2. The number of fused-ring (bicyclic) bond motifs is 1. The fraction of sp³-hybridized carbons (Fsp3) is 0.357. The van der Waals surface area contributed by atoms with Gasteiger partial charge in [-0.15, -0.1) is 11.3 Å². The number of carbonyl (C=O) groups is 2. The van der Waals surface area contributed by atoms with Crippen molar-refractivity contribution in [3.8, 4) is 5.75 Å². The molecule has 0 bridgehead atoms. The van der Waals surface area contributed by atoms with Crippen LogP contribution in [0.3, 0.4) is 0 Å². The maximum Gasteiger partial charge on any atom is 0.258 e. The first-order valence-electron chi connectivity index (χ1n) is 12.9. The van der Waals surface area contributed by atoms with Crippen molar-refractivity contribution in [2.45, 2.75) is 37.5 Å². The highest BCUT2D eigenvalue weighted by atomic mass is 32.2. The van der Waals surface area contributed by atoms with Crippen molar-refractivity contribution in [3.63, 3.8) is 0 Å². The van der Waals surface area contributed by atoms with Crippen molar-refractivity contribution in [3.05, 3.63) is 69.6 Å². The minimum atomic E-state index is -3.77. The van der Waals surface area contributed by atoms with E-state index in [1.54, 1.807) is 44.4 Å². The number of methoxy groups -OCH3 is 1. The van der Waals surface area contributed by atoms with Gasteiger partial charge in [0.15, 0.2) is 0 Å². The van der Waals surface area contributed by atoms with Gasteiger partial charge in [0.25, 0.3) is 11.8 Å². The molecule has 39 heavy (non-hydrogen) atoms. The van der Waals surface area contributed by atoms with Gasteiger partial charge in [-0.05, 0) is 80.1 Å². The molecule has 2 aromatic carbocycles. The van der Waals surface area contributed by atoms with E-state index < -0.39 is 15.9 Å². The van der Waals surface area contributed by atoms with Crippen molar-refractivity contribution < 1.29 is 27.5 Å². The Kier molecular flexibility index (Phi) is 8.03. The van der Waals surface area contributed by atoms with Crippen LogP contribution >= 0.6 is 11.3 Å². The quantitative estimate of drug-likeness (QED) is 0.434. The molecule has 11 heteroatoms. The van der Waals surface area contributed by atoms with Crippen LogP contribution in [0.4, 0.5) is 10.7 Å². The lowest BCUT2D eigenvalue weighted by Crippen LogP contribution is -2.40. The SMILES string of the molecule is COc1ccc(NC(=O)c2c(NC(=O)c3cc(S(=O)(=O)N4CCOCC4)ccc3C)sc3c2CCCC3)cc1. The van der Waals surface area contributed by atoms with E-state index in [0.29, 0.717) is 40.8 Å². The van der Waals surface area contributed by atoms with Crippen molar-refractivity contribution in [1.29, 1.82) is 0 Å². The molecule has 0 atom stereocenters. The Morgan fingerprint density at radius 1 is 0.974 bits per heavy atom. The molecule has 1 aromatic heterocycles. The van der Waals surface area contributed by atoms with E-state index in [2.05, 4.69) is 10.6 Å². The van der Waals surface area contributed by atoms with E-state index in [-0.39, 0.29) is 29.5 Å². The van der Waals surface area contributed by atoms with Crippen LogP contribution in [0.1, 0.15) is 49.6 Å². The van der Waals surface area contributed by atoms with Crippen LogP contribution in [0.2, 0.25) is 0 Å². The van der Waals surface area contributed by atoms with Crippen molar-refractivity contribution in [1.82, 2.24) is 4.31 Å². The summed E-state index contributed by atoms with van der Waals surface area (Å²) in [6.07, 6.45) is 3.62. The molecule has 1 aliphatic heterocycles. The number of morpholine rings is 1. The van der Waals surface area contributed by atoms with E-state index in [4.69, 9.17) is 9.47 Å². The number of benzene rings is 2. The standard InChI is InChI=1S/C28H31N3O6S2/c1-18-7-12-21(39(34,35)31-13-15-37-16-14-31)17-23(18)26(32)30-28-25(22-5-3-4-6-24(22)38-28)27(33)29-19-8-10-20(36-2)11-9-19/h7-12,17H,3-6,13-16H2,1-2H3,(H,29,33)(H,30,32). The van der Waals surface area contributed by atoms with Crippen molar-refractivity contribution in [2.24, 2.45) is 0 Å². The number of amides is 2. The number of aryl methyl sites for hydroxylation is 2. The van der Waals surface area contributed by atoms with Gasteiger partial charge in [0.2, 0.25) is 10.0 Å². The van der Waals surface area contributed by atoms with E-state index in [9.17, 15) is 18.0 Å². The lowest BCUT2D eigenvalue weighted by atomic mass is 9.95. The summed E-state index contributed by atoms with van der Waals surface area (Å²) >= 11 is 1.42. The molecule has 0 unspecified atom stereocenters. The zero-order valence-corrected chi connectivity index (χ0v) is 23.5. The summed E-state index contributed by atoms with van der Waals surface area (Å²) < 4.78 is 38.3. The second kappa shape index (κ2) is 11.5. The van der Waals surface area contributed by atoms with Gasteiger partial charge >= 0.3 is 0 Å². The Morgan fingerprint density at radius 2 is 1.69 bits per heavy atom. The molecule has 206 valence electrons. The lowest BCUT2D eigenvalue weighted by molar-refractivity contribution is 0.0730. The summed E-state index contributed by atoms with van der Waals surface area (Å²) in [6.45, 7) is 2.97. The second-order valence-electron chi connectivity index (χ2n) is 9.54. The fourth-order valence-electron chi connectivity index (χ4n) is 4.87. The second-order valence-corrected chi connectivity index (χ2v) is 12.6. The Balaban J connectivity index is 1.43. The minimum Gasteiger partial charge on any atom is -0.497 e. The molecule has 0 saturated carbocycles. The summed E-state index contributed by atoms with van der Waals surface area (Å²) in [5, 5.41) is 6.35. The van der Waals surface area contributed by atoms with Gasteiger partial charge < -0.3 is 20.1 Å². The zero-order chi connectivity index (χ0) is 27.6. The molecule has 0 radical (unpaired) electrons. The minimum absolute atomic E-state index is 0.0584. The number of ether oxygens (including phenoxy) is 2. The highest BCUT2D eigenvalue weighted by Crippen LogP contribution is 2.39. The molecular formula is C28H31N3O6S2. The molecule has 9 nitrogen and oxygen atoms in total. The molecule has 1 aliphatic carbocycles. The van der Waals surface area contributed by atoms with Crippen LogP contribution in [0.15, 0.2) is 47.4 Å². The zero-order valence-electron chi connectivity index (χ0n) is 21.9. The first-order valence-corrected chi connectivity index (χ1v) is 15.1. The monoisotopic (exact) mass is 569 g/mol. The first kappa shape index (κ1) is 27.3. The van der Waals surface area contributed by atoms with Gasteiger partial charge in [-0.25, -0.2) is 8.42 Å². The van der Waals surface area contributed by atoms with Crippen LogP contribution in [-0.4, -0.2) is 58.0 Å². The van der Waals surface area contributed by atoms with E-state index in [0.717, 1.165) is 36.1 Å². The largest absolute Gasteiger partial charge is 0.497 e. The average Bonchev–Trinajstić information content (AvgIpc) is 3.31. The lowest BCUT2D eigenvalue weighted by Gasteiger charge is -2.26. The Morgan fingerprint density at radius 3 is 2.41 bits per heavy atom. The number of carbonyl (C=O) groups excluding carboxylic acids is 2. The van der Waals surface area contributed by atoms with Crippen LogP contribution in [0, 0.1) is 6.92 Å². The topological polar surface area (TPSA) is 114 Å². The summed E-state index contributed by atoms with van der Waals surface area (Å²) in [5.41, 5.74) is 2.93. The molecule has 0 spiro atoms. The van der Waals surface area contributed by atoms with E-state index >= 15 is 0 Å². The van der Waals surface area contributed by atoms with Gasteiger partial charge in [0.05, 0.1) is 30.8 Å². The van der Waals surface area contributed by atoms with E-state index in [1.807, 2.05) is 0 Å². The summed E-state index contributed by atoms with van der Waals surface area (Å²) in [7, 11) is -2.19. The van der Waals surface area contributed by atoms with Crippen molar-refractivity contribution >= 4 is 43.9 Å². The molecule has 1 fully saturated rings. The summed E-state index contributed by atoms with van der Waals surface area (Å²) in [4.78, 5) is 28.2. The predicted octanol–water partition coefficient (Wildman–Crippen LogP) is 4.47. The van der Waals surface area contributed by atoms with Gasteiger partial charge in [-0.2, -0.15) is 4.31 Å². The Labute approximate surface area is 232 Å². The molecule has 1 saturated heterocycles. The third-order valence-corrected chi connectivity index (χ3v) is 10.1. The smallest absolute Gasteiger partial charge is 0.258 e. The number of sulfonamides is 1. The molecule has 5 rings (SSSR count).